The number of aliphatic hydroxyl groups is 21. The molecule has 0 aromatic rings. The van der Waals surface area contributed by atoms with Gasteiger partial charge in [0.05, 0.1) is 70.0 Å². The molecule has 92 heavy (non-hydrogen) atoms. The fourth-order valence-electron chi connectivity index (χ4n) is 11.2. The summed E-state index contributed by atoms with van der Waals surface area (Å²) >= 11 is 0. The molecule has 6 aliphatic heterocycles. The fraction of sp³-hybridized carbons (Fsp3) is 0.922. The second-order valence-electron chi connectivity index (χ2n) is 23.0. The van der Waals surface area contributed by atoms with Gasteiger partial charge in [0.2, 0.25) is 17.7 Å². The molecule has 6 aliphatic rings. The highest BCUT2D eigenvalue weighted by Crippen LogP contribution is 2.40. The minimum atomic E-state index is -3.22. The Morgan fingerprint density at radius 2 is 1.00 bits per heavy atom. The summed E-state index contributed by atoms with van der Waals surface area (Å²) in [5.74, 6) is -8.41. The normalized spacial score (nSPS) is 44.0. The van der Waals surface area contributed by atoms with Gasteiger partial charge in [0.1, 0.15) is 153 Å². The van der Waals surface area contributed by atoms with Gasteiger partial charge in [0.25, 0.3) is 5.79 Å². The number of carbonyl (C=O) groups is 4. The second kappa shape index (κ2) is 33.7. The smallest absolute Gasteiger partial charge is 0.364 e. The van der Waals surface area contributed by atoms with E-state index < -0.39 is 290 Å². The summed E-state index contributed by atoms with van der Waals surface area (Å²) in [6, 6.07) is -5.60. The summed E-state index contributed by atoms with van der Waals surface area (Å²) in [5, 5.41) is 247. The van der Waals surface area contributed by atoms with Crippen LogP contribution in [0.25, 0.3) is 0 Å². The molecule has 0 aromatic carbocycles. The zero-order valence-corrected chi connectivity index (χ0v) is 49.7. The highest BCUT2D eigenvalue weighted by molar-refractivity contribution is 5.78. The largest absolute Gasteiger partial charge is 0.477 e. The van der Waals surface area contributed by atoms with Gasteiger partial charge in [-0.2, -0.15) is 0 Å². The number of aliphatic carboxylic acids is 1. The first-order chi connectivity index (χ1) is 43.2. The molecule has 0 unspecified atom stereocenters. The van der Waals surface area contributed by atoms with Gasteiger partial charge in [-0.3, -0.25) is 14.4 Å². The molecule has 0 aliphatic carbocycles. The maximum Gasteiger partial charge on any atom is 0.364 e. The monoisotopic (exact) mass is 1350 g/mol. The lowest BCUT2D eigenvalue weighted by Gasteiger charge is -2.52. The molecule has 41 nitrogen and oxygen atoms in total. The summed E-state index contributed by atoms with van der Waals surface area (Å²) < 4.78 is 71.3. The van der Waals surface area contributed by atoms with Crippen molar-refractivity contribution in [2.75, 3.05) is 46.2 Å². The first kappa shape index (κ1) is 77.6. The third-order valence-electron chi connectivity index (χ3n) is 16.4. The van der Waals surface area contributed by atoms with E-state index in [9.17, 15) is 132 Å². The molecule has 6 saturated heterocycles. The van der Waals surface area contributed by atoms with E-state index in [2.05, 4.69) is 16.0 Å². The van der Waals surface area contributed by atoms with Gasteiger partial charge in [-0.05, 0) is 13.8 Å². The van der Waals surface area contributed by atoms with Crippen LogP contribution in [0.1, 0.15) is 34.1 Å². The van der Waals surface area contributed by atoms with Crippen molar-refractivity contribution in [3.8, 4) is 0 Å². The third-order valence-corrected chi connectivity index (χ3v) is 16.4. The Morgan fingerprint density at radius 3 is 1.47 bits per heavy atom. The molecule has 41 heteroatoms. The van der Waals surface area contributed by atoms with E-state index in [1.807, 2.05) is 0 Å². The molecule has 0 bridgehead atoms. The lowest BCUT2D eigenvalue weighted by Crippen LogP contribution is -2.70. The van der Waals surface area contributed by atoms with Gasteiger partial charge in [-0.1, -0.05) is 0 Å². The van der Waals surface area contributed by atoms with E-state index in [0.29, 0.717) is 0 Å². The molecule has 3 amide bonds. The quantitative estimate of drug-likeness (QED) is 0.0346. The van der Waals surface area contributed by atoms with Crippen molar-refractivity contribution in [1.82, 2.24) is 16.0 Å². The first-order valence-electron chi connectivity index (χ1n) is 29.0. The number of rotatable bonds is 28. The number of hydrogen-bond acceptors (Lipinski definition) is 37. The van der Waals surface area contributed by atoms with Crippen molar-refractivity contribution >= 4 is 23.7 Å². The van der Waals surface area contributed by atoms with Crippen LogP contribution in [0.2, 0.25) is 0 Å². The summed E-state index contributed by atoms with van der Waals surface area (Å²) in [6.45, 7) is -4.34. The zero-order valence-electron chi connectivity index (χ0n) is 49.7. The van der Waals surface area contributed by atoms with Crippen LogP contribution in [-0.4, -0.2) is 396 Å². The number of aliphatic hydroxyl groups excluding tert-OH is 21. The van der Waals surface area contributed by atoms with E-state index in [0.717, 1.165) is 13.8 Å². The Kier molecular flexibility index (Phi) is 28.4. The van der Waals surface area contributed by atoms with Crippen molar-refractivity contribution < 1.29 is 188 Å². The molecule has 0 aromatic heterocycles. The van der Waals surface area contributed by atoms with Crippen molar-refractivity contribution in [2.45, 2.75) is 248 Å². The predicted octanol–water partition coefficient (Wildman–Crippen LogP) is -16.0. The standard InChI is InChI=1S/C51H87N3O38/c1-13-27(67)35(75)37(77)46(82-13)90-43-41(88-45-26(53-16(4)62)34(74)31(71)21(8-57)84-45)32(72)22(9-58)86-49(43)89-42-33(73)23(10-59)85-48(44(42)91-47-38(78)36(76)28(68)14(2)83-47)87-39(17(6-55)52-15(3)61)30(70)20(65)12-81-51(50(79)80)5-18(63)25(54-24(66)11-60)40(92-51)29(69)19(64)7-56/h13-14,17-23,25-49,55-60,63-65,67-78H,5-12H2,1-4H3,(H,52,61)(H,53,62)(H,54,66)(H,79,80)/t13-,14-,17-,18-,19+,20+,21+,22+,23+,25+,26+,27+,28+,29+,30-,31-,32-,33-,34+,35+,36+,37-,38-,39+,40+,41-,42-,43+,44+,45+,46-,47-,48-,49-,51+/m0/s1. The van der Waals surface area contributed by atoms with Gasteiger partial charge in [-0.25, -0.2) is 4.79 Å². The van der Waals surface area contributed by atoms with Crippen LogP contribution in [0.5, 0.6) is 0 Å². The average molecular weight is 1350 g/mol. The second-order valence-corrected chi connectivity index (χ2v) is 23.0. The van der Waals surface area contributed by atoms with Crippen molar-refractivity contribution in [3.05, 3.63) is 0 Å². The Hall–Kier alpha value is -3.44. The molecular formula is C51H87N3O38. The molecular weight excluding hydrogens is 1260 g/mol. The van der Waals surface area contributed by atoms with Crippen LogP contribution in [-0.2, 0) is 76.0 Å². The molecule has 534 valence electrons. The van der Waals surface area contributed by atoms with Gasteiger partial charge in [-0.15, -0.1) is 0 Å². The zero-order chi connectivity index (χ0) is 68.7. The number of carboxylic acids is 1. The van der Waals surface area contributed by atoms with Crippen LogP contribution in [0.4, 0.5) is 0 Å². The summed E-state index contributed by atoms with van der Waals surface area (Å²) in [7, 11) is 0. The Morgan fingerprint density at radius 1 is 0.522 bits per heavy atom. The Bertz CT molecular complexity index is 2350. The Labute approximate surface area is 521 Å². The summed E-state index contributed by atoms with van der Waals surface area (Å²) in [4.78, 5) is 50.5. The highest BCUT2D eigenvalue weighted by Gasteiger charge is 2.61. The van der Waals surface area contributed by atoms with E-state index in [-0.39, 0.29) is 0 Å². The number of carboxylic acid groups (broad SMARTS) is 1. The van der Waals surface area contributed by atoms with Crippen LogP contribution >= 0.6 is 0 Å². The molecule has 0 radical (unpaired) electrons. The van der Waals surface area contributed by atoms with Crippen LogP contribution in [0, 0.1) is 0 Å². The van der Waals surface area contributed by atoms with Crippen LogP contribution in [0.3, 0.4) is 0 Å². The molecule has 6 rings (SSSR count). The predicted molar refractivity (Wildman–Crippen MR) is 285 cm³/mol. The molecule has 0 spiro atoms. The van der Waals surface area contributed by atoms with Gasteiger partial charge < -0.3 is 185 Å². The van der Waals surface area contributed by atoms with Gasteiger partial charge >= 0.3 is 5.97 Å². The summed E-state index contributed by atoms with van der Waals surface area (Å²) in [6.07, 6.45) is -67.5. The topological polar surface area (TPSA) is 660 Å². The number of carbonyl (C=O) groups excluding carboxylic acids is 3. The highest BCUT2D eigenvalue weighted by atomic mass is 16.8. The lowest BCUT2D eigenvalue weighted by atomic mass is 9.88. The number of ether oxygens (including phenoxy) is 12. The van der Waals surface area contributed by atoms with Crippen LogP contribution in [0.15, 0.2) is 0 Å². The SMILES string of the molecule is CC(=O)N[C@H]1[C@@H](O[C@H]2[C@@H](O)[C@@H](CO)O[C@@H](O[C@H]3[C@@H](O)[C@@H](CO)O[C@@H](O[C@@H]([C@@H](O)[C@H](O)CO[C@]4(C(=O)O)C[C@H](O)[C@@H](NC(=O)CO)[C@H]([C@H](O)[C@H](O)CO)O4)[C@H](CO)NC(C)=O)[C@@H]3O[C@@H]3O[C@@H](C)[C@@H](O)[C@@H](O)[C@@H]3O)[C@@H]2O[C@@H]2O[C@@H](C)[C@@H](O)[C@@H](O)[C@@H]2O)O[C@H](CO)[C@H](O)[C@@H]1O. The molecule has 0 saturated carbocycles. The maximum absolute atomic E-state index is 13.0. The maximum atomic E-state index is 13.0. The van der Waals surface area contributed by atoms with E-state index in [4.69, 9.17) is 56.8 Å². The minimum Gasteiger partial charge on any atom is -0.477 e. The van der Waals surface area contributed by atoms with E-state index in [1.54, 1.807) is 0 Å². The molecule has 6 fully saturated rings. The lowest BCUT2D eigenvalue weighted by molar-refractivity contribution is -0.414. The van der Waals surface area contributed by atoms with E-state index in [1.165, 1.54) is 13.8 Å². The van der Waals surface area contributed by atoms with E-state index >= 15 is 0 Å². The minimum absolute atomic E-state index is 0.869. The number of amides is 3. The fourth-order valence-corrected chi connectivity index (χ4v) is 11.2. The number of nitrogens with one attached hydrogen (secondary N) is 3. The van der Waals surface area contributed by atoms with Gasteiger partial charge in [0.15, 0.2) is 31.5 Å². The first-order valence-corrected chi connectivity index (χ1v) is 29.0. The number of hydrogen-bond donors (Lipinski definition) is 25. The third kappa shape index (κ3) is 17.4. The van der Waals surface area contributed by atoms with Crippen molar-refractivity contribution in [3.63, 3.8) is 0 Å². The molecule has 35 atom stereocenters. The summed E-state index contributed by atoms with van der Waals surface area (Å²) in [5.41, 5.74) is 0. The molecule has 6 heterocycles. The Balaban J connectivity index is 1.46. The van der Waals surface area contributed by atoms with Crippen molar-refractivity contribution in [2.24, 2.45) is 0 Å². The van der Waals surface area contributed by atoms with Crippen molar-refractivity contribution in [1.29, 1.82) is 0 Å². The van der Waals surface area contributed by atoms with Gasteiger partial charge in [0, 0.05) is 20.3 Å². The average Bonchev–Trinajstić information content (AvgIpc) is 0.775. The van der Waals surface area contributed by atoms with Crippen LogP contribution < -0.4 is 16.0 Å². The molecule has 25 N–H and O–H groups in total.